The maximum atomic E-state index is 14.1. The summed E-state index contributed by atoms with van der Waals surface area (Å²) in [5.74, 6) is 0.573. The summed E-state index contributed by atoms with van der Waals surface area (Å²) in [5.41, 5.74) is 7.86. The summed E-state index contributed by atoms with van der Waals surface area (Å²) in [7, 11) is 0. The Morgan fingerprint density at radius 3 is 2.95 bits per heavy atom. The molecule has 0 spiro atoms. The molecule has 19 heavy (non-hydrogen) atoms. The van der Waals surface area contributed by atoms with Gasteiger partial charge < -0.3 is 10.6 Å². The van der Waals surface area contributed by atoms with Gasteiger partial charge in [0.05, 0.1) is 0 Å². The van der Waals surface area contributed by atoms with Crippen LogP contribution in [0.1, 0.15) is 38.7 Å². The molecule has 2 N–H and O–H groups in total. The SMILES string of the molecule is CCC(N)Cc1c(F)cccc1N1CCCC(C)C1. The van der Waals surface area contributed by atoms with Crippen LogP contribution < -0.4 is 10.6 Å². The van der Waals surface area contributed by atoms with Gasteiger partial charge in [-0.05, 0) is 43.7 Å². The van der Waals surface area contributed by atoms with E-state index < -0.39 is 0 Å². The van der Waals surface area contributed by atoms with E-state index in [0.717, 1.165) is 30.8 Å². The Balaban J connectivity index is 2.25. The minimum Gasteiger partial charge on any atom is -0.371 e. The first kappa shape index (κ1) is 14.3. The summed E-state index contributed by atoms with van der Waals surface area (Å²) in [6, 6.07) is 5.44. The summed E-state index contributed by atoms with van der Waals surface area (Å²) < 4.78 is 14.1. The highest BCUT2D eigenvalue weighted by molar-refractivity contribution is 5.55. The molecule has 106 valence electrons. The van der Waals surface area contributed by atoms with Gasteiger partial charge in [-0.1, -0.05) is 19.9 Å². The molecule has 0 radical (unpaired) electrons. The van der Waals surface area contributed by atoms with Gasteiger partial charge in [-0.3, -0.25) is 0 Å². The first-order valence-corrected chi connectivity index (χ1v) is 7.39. The molecular formula is C16H25FN2. The molecule has 1 aromatic rings. The van der Waals surface area contributed by atoms with Crippen LogP contribution in [0, 0.1) is 11.7 Å². The summed E-state index contributed by atoms with van der Waals surface area (Å²) in [6.45, 7) is 6.37. The predicted molar refractivity (Wildman–Crippen MR) is 79.0 cm³/mol. The lowest BCUT2D eigenvalue weighted by Gasteiger charge is -2.34. The molecule has 1 fully saturated rings. The van der Waals surface area contributed by atoms with Crippen LogP contribution in [0.3, 0.4) is 0 Å². The van der Waals surface area contributed by atoms with Crippen LogP contribution in [0.5, 0.6) is 0 Å². The fourth-order valence-electron chi connectivity index (χ4n) is 2.86. The molecule has 1 saturated heterocycles. The Morgan fingerprint density at radius 1 is 1.47 bits per heavy atom. The number of nitrogens with zero attached hydrogens (tertiary/aromatic N) is 1. The van der Waals surface area contributed by atoms with Gasteiger partial charge in [0.1, 0.15) is 5.82 Å². The van der Waals surface area contributed by atoms with Crippen LogP contribution >= 0.6 is 0 Å². The van der Waals surface area contributed by atoms with Crippen LogP contribution in [0.2, 0.25) is 0 Å². The van der Waals surface area contributed by atoms with E-state index in [1.165, 1.54) is 12.8 Å². The third-order valence-electron chi connectivity index (χ3n) is 4.08. The minimum absolute atomic E-state index is 0.0397. The third kappa shape index (κ3) is 3.47. The molecule has 0 saturated carbocycles. The van der Waals surface area contributed by atoms with E-state index >= 15 is 0 Å². The van der Waals surface area contributed by atoms with Gasteiger partial charge >= 0.3 is 0 Å². The minimum atomic E-state index is -0.111. The zero-order valence-corrected chi connectivity index (χ0v) is 12.0. The molecule has 0 aromatic heterocycles. The zero-order valence-electron chi connectivity index (χ0n) is 12.0. The van der Waals surface area contributed by atoms with Gasteiger partial charge in [0.15, 0.2) is 0 Å². The fraction of sp³-hybridized carbons (Fsp3) is 0.625. The molecule has 0 aliphatic carbocycles. The maximum Gasteiger partial charge on any atom is 0.128 e. The Labute approximate surface area is 115 Å². The second-order valence-corrected chi connectivity index (χ2v) is 5.80. The van der Waals surface area contributed by atoms with Crippen LogP contribution in [0.15, 0.2) is 18.2 Å². The van der Waals surface area contributed by atoms with E-state index in [0.29, 0.717) is 12.3 Å². The van der Waals surface area contributed by atoms with E-state index in [1.54, 1.807) is 6.07 Å². The van der Waals surface area contributed by atoms with E-state index in [4.69, 9.17) is 5.73 Å². The summed E-state index contributed by atoms with van der Waals surface area (Å²) in [4.78, 5) is 2.33. The summed E-state index contributed by atoms with van der Waals surface area (Å²) in [6.07, 6.45) is 3.97. The number of benzene rings is 1. The highest BCUT2D eigenvalue weighted by Gasteiger charge is 2.21. The molecule has 3 heteroatoms. The lowest BCUT2D eigenvalue weighted by Crippen LogP contribution is -2.35. The molecule has 2 nitrogen and oxygen atoms in total. The Kier molecular flexibility index (Phi) is 4.81. The Morgan fingerprint density at radius 2 is 2.26 bits per heavy atom. The summed E-state index contributed by atoms with van der Waals surface area (Å²) >= 11 is 0. The molecule has 1 aliphatic rings. The van der Waals surface area contributed by atoms with Crippen LogP contribution in [-0.2, 0) is 6.42 Å². The third-order valence-corrected chi connectivity index (χ3v) is 4.08. The van der Waals surface area contributed by atoms with Crippen molar-refractivity contribution in [2.75, 3.05) is 18.0 Å². The second-order valence-electron chi connectivity index (χ2n) is 5.80. The average molecular weight is 264 g/mol. The monoisotopic (exact) mass is 264 g/mol. The molecule has 1 heterocycles. The Bertz CT molecular complexity index is 419. The van der Waals surface area contributed by atoms with Gasteiger partial charge in [0.25, 0.3) is 0 Å². The van der Waals surface area contributed by atoms with Crippen LogP contribution in [0.25, 0.3) is 0 Å². The van der Waals surface area contributed by atoms with Crippen LogP contribution in [-0.4, -0.2) is 19.1 Å². The summed E-state index contributed by atoms with van der Waals surface area (Å²) in [5, 5.41) is 0. The predicted octanol–water partition coefficient (Wildman–Crippen LogP) is 3.34. The topological polar surface area (TPSA) is 29.3 Å². The van der Waals surface area contributed by atoms with Crippen molar-refractivity contribution < 1.29 is 4.39 Å². The van der Waals surface area contributed by atoms with E-state index in [2.05, 4.69) is 11.8 Å². The lowest BCUT2D eigenvalue weighted by molar-refractivity contribution is 0.444. The Hall–Kier alpha value is -1.09. The van der Waals surface area contributed by atoms with Crippen molar-refractivity contribution >= 4 is 5.69 Å². The van der Waals surface area contributed by atoms with E-state index in [1.807, 2.05) is 19.1 Å². The number of halogens is 1. The smallest absolute Gasteiger partial charge is 0.128 e. The maximum absolute atomic E-state index is 14.1. The molecule has 2 rings (SSSR count). The van der Waals surface area contributed by atoms with Crippen molar-refractivity contribution in [3.05, 3.63) is 29.6 Å². The van der Waals surface area contributed by atoms with Crippen molar-refractivity contribution in [3.63, 3.8) is 0 Å². The largest absolute Gasteiger partial charge is 0.371 e. The zero-order chi connectivity index (χ0) is 13.8. The average Bonchev–Trinajstić information content (AvgIpc) is 2.40. The number of rotatable bonds is 4. The number of nitrogens with two attached hydrogens (primary N) is 1. The number of hydrogen-bond donors (Lipinski definition) is 1. The van der Waals surface area contributed by atoms with Gasteiger partial charge in [-0.25, -0.2) is 4.39 Å². The van der Waals surface area contributed by atoms with Crippen molar-refractivity contribution in [2.45, 2.75) is 45.6 Å². The highest BCUT2D eigenvalue weighted by Crippen LogP contribution is 2.28. The van der Waals surface area contributed by atoms with Crippen LogP contribution in [0.4, 0.5) is 10.1 Å². The molecule has 1 aromatic carbocycles. The molecule has 2 atom stereocenters. The normalized spacial score (nSPS) is 21.5. The molecule has 0 bridgehead atoms. The van der Waals surface area contributed by atoms with E-state index in [-0.39, 0.29) is 11.9 Å². The first-order valence-electron chi connectivity index (χ1n) is 7.39. The number of anilines is 1. The van der Waals surface area contributed by atoms with Gasteiger partial charge in [0.2, 0.25) is 0 Å². The van der Waals surface area contributed by atoms with Gasteiger partial charge in [-0.2, -0.15) is 0 Å². The van der Waals surface area contributed by atoms with Crippen molar-refractivity contribution in [2.24, 2.45) is 11.7 Å². The molecule has 1 aliphatic heterocycles. The van der Waals surface area contributed by atoms with Crippen molar-refractivity contribution in [3.8, 4) is 0 Å². The number of piperidine rings is 1. The van der Waals surface area contributed by atoms with Crippen molar-refractivity contribution in [1.82, 2.24) is 0 Å². The highest BCUT2D eigenvalue weighted by atomic mass is 19.1. The quantitative estimate of drug-likeness (QED) is 0.903. The van der Waals surface area contributed by atoms with Crippen molar-refractivity contribution in [1.29, 1.82) is 0 Å². The fourth-order valence-corrected chi connectivity index (χ4v) is 2.86. The molecular weight excluding hydrogens is 239 g/mol. The number of hydrogen-bond acceptors (Lipinski definition) is 2. The second kappa shape index (κ2) is 6.38. The van der Waals surface area contributed by atoms with Gasteiger partial charge in [-0.15, -0.1) is 0 Å². The first-order chi connectivity index (χ1) is 9.11. The molecule has 2 unspecified atom stereocenters. The van der Waals surface area contributed by atoms with Gasteiger partial charge in [0, 0.05) is 30.4 Å². The standard InChI is InChI=1S/C16H25FN2/c1-3-13(18)10-14-15(17)7-4-8-16(14)19-9-5-6-12(2)11-19/h4,7-8,12-13H,3,5-6,9-11,18H2,1-2H3. The lowest BCUT2D eigenvalue weighted by atomic mass is 9.96. The molecule has 0 amide bonds. The van der Waals surface area contributed by atoms with E-state index in [9.17, 15) is 4.39 Å².